The van der Waals surface area contributed by atoms with Crippen molar-refractivity contribution in [1.29, 1.82) is 0 Å². The van der Waals surface area contributed by atoms with E-state index in [4.69, 9.17) is 4.42 Å². The van der Waals surface area contributed by atoms with Crippen molar-refractivity contribution in [2.75, 3.05) is 0 Å². The van der Waals surface area contributed by atoms with Crippen molar-refractivity contribution in [2.24, 2.45) is 0 Å². The maximum atomic E-state index is 12.9. The number of hydrogen-bond donors (Lipinski definition) is 0. The average molecular weight is 261 g/mol. The third-order valence-electron chi connectivity index (χ3n) is 2.83. The molecule has 0 fully saturated rings. The molecule has 0 saturated heterocycles. The lowest BCUT2D eigenvalue weighted by Gasteiger charge is -2.09. The number of furan rings is 1. The molecule has 1 radical (unpaired) electrons. The molecule has 0 unspecified atom stereocenters. The third kappa shape index (κ3) is 2.10. The number of rotatable bonds is 1. The number of alkyl halides is 3. The Morgan fingerprint density at radius 2 is 1.79 bits per heavy atom. The minimum Gasteiger partial charge on any atom is -0.456 e. The molecule has 0 aliphatic carbocycles. The Kier molecular flexibility index (Phi) is 2.59. The molecule has 3 aromatic rings. The smallest absolute Gasteiger partial charge is 0.417 e. The molecule has 1 nitrogen and oxygen atoms in total. The summed E-state index contributed by atoms with van der Waals surface area (Å²) in [5.41, 5.74) is -0.241. The van der Waals surface area contributed by atoms with Gasteiger partial charge in [-0.25, -0.2) is 0 Å². The molecule has 3 rings (SSSR count). The fourth-order valence-corrected chi connectivity index (χ4v) is 1.99. The van der Waals surface area contributed by atoms with Crippen LogP contribution in [-0.4, -0.2) is 0 Å². The SMILES string of the molecule is FC(F)(F)c1[c]cccc1-c1cc2ccccc2o1. The Morgan fingerprint density at radius 3 is 2.53 bits per heavy atom. The lowest BCUT2D eigenvalue weighted by atomic mass is 10.0. The van der Waals surface area contributed by atoms with E-state index in [9.17, 15) is 13.2 Å². The van der Waals surface area contributed by atoms with Gasteiger partial charge < -0.3 is 4.42 Å². The number of para-hydroxylation sites is 1. The fraction of sp³-hybridized carbons (Fsp3) is 0.0667. The second-order valence-electron chi connectivity index (χ2n) is 4.11. The molecule has 1 heterocycles. The lowest BCUT2D eigenvalue weighted by molar-refractivity contribution is -0.137. The molecule has 0 aliphatic heterocycles. The molecule has 0 spiro atoms. The summed E-state index contributed by atoms with van der Waals surface area (Å²) in [7, 11) is 0. The number of hydrogen-bond acceptors (Lipinski definition) is 1. The number of halogens is 3. The van der Waals surface area contributed by atoms with E-state index in [2.05, 4.69) is 6.07 Å². The first-order valence-corrected chi connectivity index (χ1v) is 5.62. The summed E-state index contributed by atoms with van der Waals surface area (Å²) in [5, 5.41) is 0.773. The molecule has 95 valence electrons. The Bertz CT molecular complexity index is 692. The maximum Gasteiger partial charge on any atom is 0.417 e. The van der Waals surface area contributed by atoms with E-state index in [1.807, 2.05) is 6.07 Å². The van der Waals surface area contributed by atoms with Gasteiger partial charge in [0.1, 0.15) is 11.3 Å². The van der Waals surface area contributed by atoms with Gasteiger partial charge in [0.25, 0.3) is 0 Å². The van der Waals surface area contributed by atoms with E-state index in [0.29, 0.717) is 5.58 Å². The highest BCUT2D eigenvalue weighted by Gasteiger charge is 2.34. The van der Waals surface area contributed by atoms with Crippen LogP contribution in [0.1, 0.15) is 5.56 Å². The zero-order valence-electron chi connectivity index (χ0n) is 9.66. The summed E-state index contributed by atoms with van der Waals surface area (Å²) in [4.78, 5) is 0. The van der Waals surface area contributed by atoms with Crippen molar-refractivity contribution < 1.29 is 17.6 Å². The second kappa shape index (κ2) is 4.16. The van der Waals surface area contributed by atoms with Crippen LogP contribution < -0.4 is 0 Å². The second-order valence-corrected chi connectivity index (χ2v) is 4.11. The Labute approximate surface area is 107 Å². The molecule has 0 amide bonds. The first-order chi connectivity index (χ1) is 9.05. The summed E-state index contributed by atoms with van der Waals surface area (Å²) in [5.74, 6) is 0.199. The zero-order valence-corrected chi connectivity index (χ0v) is 9.66. The minimum absolute atomic E-state index is 0.00574. The zero-order chi connectivity index (χ0) is 13.5. The van der Waals surface area contributed by atoms with Crippen molar-refractivity contribution in [1.82, 2.24) is 0 Å². The highest BCUT2D eigenvalue weighted by molar-refractivity contribution is 5.83. The largest absolute Gasteiger partial charge is 0.456 e. The third-order valence-corrected chi connectivity index (χ3v) is 2.83. The van der Waals surface area contributed by atoms with Crippen LogP contribution in [0.25, 0.3) is 22.3 Å². The minimum atomic E-state index is -4.45. The molecule has 1 aromatic heterocycles. The van der Waals surface area contributed by atoms with Crippen LogP contribution in [0.15, 0.2) is 52.9 Å². The van der Waals surface area contributed by atoms with Crippen LogP contribution in [0.5, 0.6) is 0 Å². The standard InChI is InChI=1S/C15H8F3O/c16-15(17,18)12-7-3-2-6-11(12)14-9-10-5-1-4-8-13(10)19-14/h1-6,8-9H. The molecule has 19 heavy (non-hydrogen) atoms. The molecular weight excluding hydrogens is 253 g/mol. The monoisotopic (exact) mass is 261 g/mol. The van der Waals surface area contributed by atoms with E-state index < -0.39 is 11.7 Å². The van der Waals surface area contributed by atoms with Crippen molar-refractivity contribution >= 4 is 11.0 Å². The van der Waals surface area contributed by atoms with Crippen LogP contribution in [0.4, 0.5) is 13.2 Å². The van der Waals surface area contributed by atoms with Gasteiger partial charge in [-0.15, -0.1) is 0 Å². The topological polar surface area (TPSA) is 13.1 Å². The molecule has 0 bridgehead atoms. The van der Waals surface area contributed by atoms with E-state index in [1.54, 1.807) is 24.3 Å². The van der Waals surface area contributed by atoms with Gasteiger partial charge in [0, 0.05) is 10.9 Å². The average Bonchev–Trinajstić information content (AvgIpc) is 2.81. The van der Waals surface area contributed by atoms with Gasteiger partial charge in [0.05, 0.1) is 5.56 Å². The first kappa shape index (κ1) is 11.8. The molecule has 0 aliphatic rings. The van der Waals surface area contributed by atoms with Crippen molar-refractivity contribution in [3.05, 3.63) is 60.2 Å². The number of benzene rings is 2. The van der Waals surface area contributed by atoms with Crippen LogP contribution >= 0.6 is 0 Å². The van der Waals surface area contributed by atoms with Gasteiger partial charge >= 0.3 is 6.18 Å². The molecule has 0 N–H and O–H groups in total. The molecule has 4 heteroatoms. The summed E-state index contributed by atoms with van der Waals surface area (Å²) < 4.78 is 44.2. The van der Waals surface area contributed by atoms with Crippen molar-refractivity contribution in [3.63, 3.8) is 0 Å². The van der Waals surface area contributed by atoms with Gasteiger partial charge in [0.15, 0.2) is 0 Å². The fourth-order valence-electron chi connectivity index (χ4n) is 1.99. The van der Waals surface area contributed by atoms with Crippen LogP contribution in [-0.2, 0) is 6.18 Å². The van der Waals surface area contributed by atoms with Crippen molar-refractivity contribution in [2.45, 2.75) is 6.18 Å². The summed E-state index contributed by atoms with van der Waals surface area (Å²) in [6, 6.07) is 15.1. The van der Waals surface area contributed by atoms with Gasteiger partial charge in [-0.2, -0.15) is 13.2 Å². The summed E-state index contributed by atoms with van der Waals surface area (Å²) in [6.45, 7) is 0. The maximum absolute atomic E-state index is 12.9. The highest BCUT2D eigenvalue weighted by atomic mass is 19.4. The van der Waals surface area contributed by atoms with Gasteiger partial charge in [-0.3, -0.25) is 0 Å². The summed E-state index contributed by atoms with van der Waals surface area (Å²) >= 11 is 0. The normalized spacial score (nSPS) is 11.9. The molecule has 0 saturated carbocycles. The van der Waals surface area contributed by atoms with Crippen molar-refractivity contribution in [3.8, 4) is 11.3 Å². The van der Waals surface area contributed by atoms with E-state index in [0.717, 1.165) is 5.39 Å². The Morgan fingerprint density at radius 1 is 1.00 bits per heavy atom. The molecule has 0 atom stereocenters. The summed E-state index contributed by atoms with van der Waals surface area (Å²) in [6.07, 6.45) is -4.45. The Hall–Kier alpha value is -2.23. The quantitative estimate of drug-likeness (QED) is 0.606. The van der Waals surface area contributed by atoms with Crippen LogP contribution in [0.3, 0.4) is 0 Å². The number of fused-ring (bicyclic) bond motifs is 1. The van der Waals surface area contributed by atoms with Gasteiger partial charge in [0.2, 0.25) is 0 Å². The Balaban J connectivity index is 2.22. The van der Waals surface area contributed by atoms with Crippen LogP contribution in [0, 0.1) is 6.07 Å². The van der Waals surface area contributed by atoms with E-state index in [-0.39, 0.29) is 11.3 Å². The lowest BCUT2D eigenvalue weighted by Crippen LogP contribution is -2.06. The predicted molar refractivity (Wildman–Crippen MR) is 65.5 cm³/mol. The van der Waals surface area contributed by atoms with E-state index >= 15 is 0 Å². The van der Waals surface area contributed by atoms with E-state index in [1.165, 1.54) is 18.2 Å². The van der Waals surface area contributed by atoms with Gasteiger partial charge in [-0.05, 0) is 18.2 Å². The first-order valence-electron chi connectivity index (χ1n) is 5.62. The van der Waals surface area contributed by atoms with Crippen LogP contribution in [0.2, 0.25) is 0 Å². The van der Waals surface area contributed by atoms with Gasteiger partial charge in [-0.1, -0.05) is 36.4 Å². The highest BCUT2D eigenvalue weighted by Crippen LogP contribution is 2.38. The predicted octanol–water partition coefficient (Wildman–Crippen LogP) is 4.92. The molecule has 2 aromatic carbocycles. The molecular formula is C15H8F3O.